The van der Waals surface area contributed by atoms with E-state index in [0.29, 0.717) is 33.5 Å². The second-order valence-corrected chi connectivity index (χ2v) is 4.33. The molecule has 0 amide bonds. The van der Waals surface area contributed by atoms with Gasteiger partial charge in [-0.25, -0.2) is 0 Å². The minimum absolute atomic E-state index is 0.132. The zero-order valence-electron chi connectivity index (χ0n) is 8.63. The first-order chi connectivity index (χ1) is 7.58. The molecule has 1 aromatic rings. The first-order valence-corrected chi connectivity index (χ1v) is 5.84. The van der Waals surface area contributed by atoms with Crippen molar-refractivity contribution in [3.05, 3.63) is 32.8 Å². The van der Waals surface area contributed by atoms with Gasteiger partial charge < -0.3 is 4.74 Å². The summed E-state index contributed by atoms with van der Waals surface area (Å²) in [5.74, 6) is -0.321. The number of hydrogen-bond donors (Lipinski definition) is 0. The Bertz CT molecular complexity index is 418. The summed E-state index contributed by atoms with van der Waals surface area (Å²) in [4.78, 5) is 21.9. The first kappa shape index (κ1) is 13.2. The average Bonchev–Trinajstić information content (AvgIpc) is 2.23. The fourth-order valence-corrected chi connectivity index (χ4v) is 1.93. The Morgan fingerprint density at radius 2 is 2.25 bits per heavy atom. The number of esters is 1. The molecule has 0 fully saturated rings. The van der Waals surface area contributed by atoms with Crippen molar-refractivity contribution in [1.82, 2.24) is 0 Å². The van der Waals surface area contributed by atoms with Gasteiger partial charge >= 0.3 is 5.97 Å². The van der Waals surface area contributed by atoms with Crippen molar-refractivity contribution >= 4 is 39.8 Å². The predicted molar refractivity (Wildman–Crippen MR) is 64.9 cm³/mol. The molecule has 0 N–H and O–H groups in total. The number of carbonyl (C=O) groups excluding carboxylic acids is 2. The lowest BCUT2D eigenvalue weighted by Crippen LogP contribution is -2.08. The molecule has 0 aliphatic carbocycles. The fourth-order valence-electron chi connectivity index (χ4n) is 1.20. The van der Waals surface area contributed by atoms with Gasteiger partial charge in [0.1, 0.15) is 0 Å². The molecule has 0 heterocycles. The van der Waals surface area contributed by atoms with Gasteiger partial charge in [0.05, 0.1) is 18.1 Å². The largest absolute Gasteiger partial charge is 0.466 e. The molecule has 3 nitrogen and oxygen atoms in total. The minimum atomic E-state index is -0.321. The van der Waals surface area contributed by atoms with E-state index in [-0.39, 0.29) is 12.4 Å². The van der Waals surface area contributed by atoms with Crippen molar-refractivity contribution in [2.75, 3.05) is 6.61 Å². The zero-order chi connectivity index (χ0) is 12.1. The molecule has 0 saturated heterocycles. The molecule has 0 atom stereocenters. The molecule has 0 aliphatic rings. The third-order valence-electron chi connectivity index (χ3n) is 1.93. The third kappa shape index (κ3) is 3.32. The molecular weight excluding hydrogens is 295 g/mol. The van der Waals surface area contributed by atoms with Crippen molar-refractivity contribution < 1.29 is 14.3 Å². The monoisotopic (exact) mass is 304 g/mol. The van der Waals surface area contributed by atoms with Crippen molar-refractivity contribution in [2.45, 2.75) is 13.3 Å². The molecule has 86 valence electrons. The van der Waals surface area contributed by atoms with Crippen LogP contribution in [0, 0.1) is 0 Å². The lowest BCUT2D eigenvalue weighted by Gasteiger charge is -2.06. The lowest BCUT2D eigenvalue weighted by atomic mass is 10.1. The molecular formula is C11H10BrClO3. The molecule has 0 bridgehead atoms. The quantitative estimate of drug-likeness (QED) is 0.634. The Morgan fingerprint density at radius 1 is 1.56 bits per heavy atom. The molecule has 1 aromatic carbocycles. The van der Waals surface area contributed by atoms with Gasteiger partial charge in [0.25, 0.3) is 0 Å². The van der Waals surface area contributed by atoms with E-state index in [0.717, 1.165) is 0 Å². The summed E-state index contributed by atoms with van der Waals surface area (Å²) in [5.41, 5.74) is 1.09. The van der Waals surface area contributed by atoms with E-state index in [4.69, 9.17) is 16.3 Å². The van der Waals surface area contributed by atoms with E-state index in [9.17, 15) is 9.59 Å². The van der Waals surface area contributed by atoms with Crippen LogP contribution in [0.2, 0.25) is 5.02 Å². The molecule has 0 aliphatic heterocycles. The number of benzene rings is 1. The van der Waals surface area contributed by atoms with Gasteiger partial charge in [-0.1, -0.05) is 27.5 Å². The second kappa shape index (κ2) is 6.01. The normalized spacial score (nSPS) is 9.94. The summed E-state index contributed by atoms with van der Waals surface area (Å²) in [7, 11) is 0. The van der Waals surface area contributed by atoms with Crippen LogP contribution in [0.3, 0.4) is 0 Å². The average molecular weight is 306 g/mol. The lowest BCUT2D eigenvalue weighted by molar-refractivity contribution is -0.142. The van der Waals surface area contributed by atoms with Crippen LogP contribution in [0.4, 0.5) is 0 Å². The highest BCUT2D eigenvalue weighted by Crippen LogP contribution is 2.25. The Labute approximate surface area is 107 Å². The Morgan fingerprint density at radius 3 is 2.81 bits per heavy atom. The van der Waals surface area contributed by atoms with Gasteiger partial charge in [0.2, 0.25) is 0 Å². The number of halogens is 2. The summed E-state index contributed by atoms with van der Waals surface area (Å²) in [5, 5.41) is 0.331. The van der Waals surface area contributed by atoms with Crippen LogP contribution in [-0.2, 0) is 16.0 Å². The molecule has 0 spiro atoms. The van der Waals surface area contributed by atoms with Gasteiger partial charge in [-0.3, -0.25) is 9.59 Å². The highest BCUT2D eigenvalue weighted by Gasteiger charge is 2.10. The van der Waals surface area contributed by atoms with Gasteiger partial charge in [0.15, 0.2) is 6.29 Å². The van der Waals surface area contributed by atoms with Crippen LogP contribution in [-0.4, -0.2) is 18.9 Å². The molecule has 16 heavy (non-hydrogen) atoms. The van der Waals surface area contributed by atoms with Gasteiger partial charge in [0, 0.05) is 10.0 Å². The van der Waals surface area contributed by atoms with Gasteiger partial charge in [-0.15, -0.1) is 0 Å². The van der Waals surface area contributed by atoms with Crippen molar-refractivity contribution in [2.24, 2.45) is 0 Å². The topological polar surface area (TPSA) is 43.4 Å². The molecule has 0 unspecified atom stereocenters. The van der Waals surface area contributed by atoms with Crippen LogP contribution in [0.1, 0.15) is 22.8 Å². The number of carbonyl (C=O) groups is 2. The zero-order valence-corrected chi connectivity index (χ0v) is 11.0. The minimum Gasteiger partial charge on any atom is -0.466 e. The Hall–Kier alpha value is -0.870. The highest BCUT2D eigenvalue weighted by atomic mass is 79.9. The molecule has 1 rings (SSSR count). The highest BCUT2D eigenvalue weighted by molar-refractivity contribution is 9.10. The van der Waals surface area contributed by atoms with E-state index in [1.54, 1.807) is 19.1 Å². The SMILES string of the molecule is CCOC(=O)Cc1cc(Cl)c(C=O)cc1Br. The van der Waals surface area contributed by atoms with E-state index < -0.39 is 0 Å². The third-order valence-corrected chi connectivity index (χ3v) is 3.00. The van der Waals surface area contributed by atoms with Gasteiger partial charge in [-0.05, 0) is 24.6 Å². The fraction of sp³-hybridized carbons (Fsp3) is 0.273. The molecule has 0 radical (unpaired) electrons. The number of rotatable bonds is 4. The maximum absolute atomic E-state index is 11.3. The maximum Gasteiger partial charge on any atom is 0.310 e. The van der Waals surface area contributed by atoms with E-state index >= 15 is 0 Å². The van der Waals surface area contributed by atoms with Crippen LogP contribution in [0.15, 0.2) is 16.6 Å². The standard InChI is InChI=1S/C11H10BrClO3/c1-2-16-11(15)5-7-4-10(13)8(6-14)3-9(7)12/h3-4,6H,2,5H2,1H3. The Balaban J connectivity index is 2.93. The van der Waals surface area contributed by atoms with Crippen molar-refractivity contribution in [3.8, 4) is 0 Å². The van der Waals surface area contributed by atoms with E-state index in [1.165, 1.54) is 0 Å². The number of aldehydes is 1. The smallest absolute Gasteiger partial charge is 0.310 e. The van der Waals surface area contributed by atoms with Crippen LogP contribution in [0.25, 0.3) is 0 Å². The Kier molecular flexibility index (Phi) is 4.96. The molecule has 5 heteroatoms. The summed E-state index contributed by atoms with van der Waals surface area (Å²) < 4.78 is 5.50. The predicted octanol–water partition coefficient (Wildman–Crippen LogP) is 3.02. The van der Waals surface area contributed by atoms with Crippen LogP contribution in [0.5, 0.6) is 0 Å². The summed E-state index contributed by atoms with van der Waals surface area (Å²) in [6.07, 6.45) is 0.800. The second-order valence-electron chi connectivity index (χ2n) is 3.06. The van der Waals surface area contributed by atoms with Crippen molar-refractivity contribution in [1.29, 1.82) is 0 Å². The molecule has 0 saturated carbocycles. The summed E-state index contributed by atoms with van der Waals surface area (Å²) >= 11 is 9.13. The van der Waals surface area contributed by atoms with E-state index in [1.807, 2.05) is 0 Å². The maximum atomic E-state index is 11.3. The summed E-state index contributed by atoms with van der Waals surface area (Å²) in [6, 6.07) is 3.18. The number of hydrogen-bond acceptors (Lipinski definition) is 3. The number of ether oxygens (including phenoxy) is 1. The summed E-state index contributed by atoms with van der Waals surface area (Å²) in [6.45, 7) is 2.09. The van der Waals surface area contributed by atoms with Crippen LogP contribution >= 0.6 is 27.5 Å². The van der Waals surface area contributed by atoms with Crippen LogP contribution < -0.4 is 0 Å². The van der Waals surface area contributed by atoms with E-state index in [2.05, 4.69) is 15.9 Å². The van der Waals surface area contributed by atoms with Gasteiger partial charge in [-0.2, -0.15) is 0 Å². The molecule has 0 aromatic heterocycles. The van der Waals surface area contributed by atoms with Crippen molar-refractivity contribution in [3.63, 3.8) is 0 Å². The first-order valence-electron chi connectivity index (χ1n) is 4.67.